The number of likely N-dealkylation sites (N-methyl/N-ethyl adjacent to an activating group) is 1. The molecule has 2 heterocycles. The Bertz CT molecular complexity index is 1210. The summed E-state index contributed by atoms with van der Waals surface area (Å²) >= 11 is 0. The molecule has 0 bridgehead atoms. The van der Waals surface area contributed by atoms with E-state index in [2.05, 4.69) is 4.98 Å². The molecule has 0 saturated carbocycles. The highest BCUT2D eigenvalue weighted by atomic mass is 32.2. The molecule has 0 spiro atoms. The molecular formula is C21H26N4O6S. The minimum Gasteiger partial charge on any atom is -0.467 e. The highest BCUT2D eigenvalue weighted by molar-refractivity contribution is 7.89. The molecule has 32 heavy (non-hydrogen) atoms. The summed E-state index contributed by atoms with van der Waals surface area (Å²) in [5.41, 5.74) is 1.27. The van der Waals surface area contributed by atoms with Gasteiger partial charge in [-0.2, -0.15) is 0 Å². The summed E-state index contributed by atoms with van der Waals surface area (Å²) in [6.45, 7) is -0.0703. The number of imidazole rings is 1. The number of carbonyl (C=O) groups excluding carboxylic acids is 2. The first kappa shape index (κ1) is 23.5. The number of benzene rings is 1. The van der Waals surface area contributed by atoms with Crippen LogP contribution in [-0.4, -0.2) is 66.8 Å². The van der Waals surface area contributed by atoms with E-state index in [1.807, 2.05) is 0 Å². The van der Waals surface area contributed by atoms with Crippen molar-refractivity contribution in [1.29, 1.82) is 0 Å². The lowest BCUT2D eigenvalue weighted by Crippen LogP contribution is -2.30. The molecule has 0 aliphatic heterocycles. The lowest BCUT2D eigenvalue weighted by molar-refractivity contribution is -0.151. The zero-order valence-electron chi connectivity index (χ0n) is 18.4. The van der Waals surface area contributed by atoms with Crippen molar-refractivity contribution in [2.24, 2.45) is 7.05 Å². The number of esters is 1. The van der Waals surface area contributed by atoms with E-state index in [9.17, 15) is 18.0 Å². The van der Waals surface area contributed by atoms with Crippen LogP contribution in [-0.2, 0) is 44.4 Å². The van der Waals surface area contributed by atoms with Crippen LogP contribution in [0.4, 0.5) is 0 Å². The molecule has 1 amide bonds. The molecule has 2 aromatic heterocycles. The van der Waals surface area contributed by atoms with E-state index in [-0.39, 0.29) is 36.8 Å². The standard InChI is InChI=1S/C21H26N4O6S/c1-23(2)32(28,29)16-7-8-18-17(12-16)22-19(25(18)4)9-10-21(27)31-14-20(26)24(3)13-15-6-5-11-30-15/h5-8,11-12H,9-10,13-14H2,1-4H3. The van der Waals surface area contributed by atoms with Crippen LogP contribution in [0, 0.1) is 0 Å². The quantitative estimate of drug-likeness (QED) is 0.443. The Morgan fingerprint density at radius 1 is 1.19 bits per heavy atom. The molecule has 0 aliphatic rings. The van der Waals surface area contributed by atoms with Crippen LogP contribution in [0.25, 0.3) is 11.0 Å². The lowest BCUT2D eigenvalue weighted by atomic mass is 10.3. The number of fused-ring (bicyclic) bond motifs is 1. The van der Waals surface area contributed by atoms with Crippen LogP contribution in [0.3, 0.4) is 0 Å². The zero-order valence-corrected chi connectivity index (χ0v) is 19.3. The van der Waals surface area contributed by atoms with Crippen molar-refractivity contribution >= 4 is 32.9 Å². The van der Waals surface area contributed by atoms with Crippen LogP contribution in [0.1, 0.15) is 18.0 Å². The Hall–Kier alpha value is -3.18. The van der Waals surface area contributed by atoms with Gasteiger partial charge in [0.25, 0.3) is 5.91 Å². The number of carbonyl (C=O) groups is 2. The van der Waals surface area contributed by atoms with E-state index in [0.29, 0.717) is 17.1 Å². The topological polar surface area (TPSA) is 115 Å². The first-order valence-electron chi connectivity index (χ1n) is 9.89. The van der Waals surface area contributed by atoms with Gasteiger partial charge in [-0.15, -0.1) is 0 Å². The molecule has 172 valence electrons. The van der Waals surface area contributed by atoms with E-state index in [1.54, 1.807) is 36.9 Å². The van der Waals surface area contributed by atoms with E-state index in [1.165, 1.54) is 37.4 Å². The number of rotatable bonds is 9. The molecule has 0 fully saturated rings. The van der Waals surface area contributed by atoms with Crippen molar-refractivity contribution in [1.82, 2.24) is 18.8 Å². The second-order valence-electron chi connectivity index (χ2n) is 7.51. The molecular weight excluding hydrogens is 436 g/mol. The van der Waals surface area contributed by atoms with E-state index in [4.69, 9.17) is 9.15 Å². The predicted molar refractivity (Wildman–Crippen MR) is 116 cm³/mol. The molecule has 0 atom stereocenters. The molecule has 0 aliphatic carbocycles. The Morgan fingerprint density at radius 3 is 2.59 bits per heavy atom. The average Bonchev–Trinajstić information content (AvgIpc) is 3.37. The van der Waals surface area contributed by atoms with Crippen LogP contribution in [0.5, 0.6) is 0 Å². The third-order valence-electron chi connectivity index (χ3n) is 5.03. The highest BCUT2D eigenvalue weighted by Crippen LogP contribution is 2.22. The molecule has 0 saturated heterocycles. The Balaban J connectivity index is 1.57. The van der Waals surface area contributed by atoms with Crippen molar-refractivity contribution in [3.05, 3.63) is 48.2 Å². The van der Waals surface area contributed by atoms with Crippen molar-refractivity contribution in [2.45, 2.75) is 24.3 Å². The molecule has 1 aromatic carbocycles. The van der Waals surface area contributed by atoms with Gasteiger partial charge in [-0.3, -0.25) is 9.59 Å². The number of aryl methyl sites for hydroxylation is 2. The normalized spacial score (nSPS) is 11.8. The van der Waals surface area contributed by atoms with Crippen LogP contribution < -0.4 is 0 Å². The predicted octanol–water partition coefficient (Wildman–Crippen LogP) is 1.55. The third kappa shape index (κ3) is 5.17. The summed E-state index contributed by atoms with van der Waals surface area (Å²) in [5, 5.41) is 0. The van der Waals surface area contributed by atoms with Gasteiger partial charge in [0.15, 0.2) is 6.61 Å². The fourth-order valence-electron chi connectivity index (χ4n) is 3.09. The lowest BCUT2D eigenvalue weighted by Gasteiger charge is -2.15. The van der Waals surface area contributed by atoms with Gasteiger partial charge in [0.1, 0.15) is 11.6 Å². The molecule has 0 unspecified atom stereocenters. The monoisotopic (exact) mass is 462 g/mol. The van der Waals surface area contributed by atoms with Gasteiger partial charge in [0.2, 0.25) is 10.0 Å². The van der Waals surface area contributed by atoms with Gasteiger partial charge in [0, 0.05) is 34.6 Å². The molecule has 0 radical (unpaired) electrons. The van der Waals surface area contributed by atoms with Gasteiger partial charge >= 0.3 is 5.97 Å². The summed E-state index contributed by atoms with van der Waals surface area (Å²) in [6.07, 6.45) is 1.85. The molecule has 0 N–H and O–H groups in total. The minimum atomic E-state index is -3.57. The highest BCUT2D eigenvalue weighted by Gasteiger charge is 2.20. The van der Waals surface area contributed by atoms with Crippen molar-refractivity contribution in [3.8, 4) is 0 Å². The first-order chi connectivity index (χ1) is 15.1. The number of nitrogens with zero attached hydrogens (tertiary/aromatic N) is 4. The molecule has 11 heteroatoms. The molecule has 10 nitrogen and oxygen atoms in total. The zero-order chi connectivity index (χ0) is 23.5. The summed E-state index contributed by atoms with van der Waals surface area (Å²) < 4.78 is 37.9. The molecule has 3 aromatic rings. The van der Waals surface area contributed by atoms with Gasteiger partial charge < -0.3 is 18.6 Å². The van der Waals surface area contributed by atoms with Gasteiger partial charge in [-0.05, 0) is 30.3 Å². The largest absolute Gasteiger partial charge is 0.467 e. The van der Waals surface area contributed by atoms with Gasteiger partial charge in [-0.1, -0.05) is 0 Å². The first-order valence-corrected chi connectivity index (χ1v) is 11.3. The third-order valence-corrected chi connectivity index (χ3v) is 6.84. The fourth-order valence-corrected chi connectivity index (χ4v) is 4.01. The second kappa shape index (κ2) is 9.53. The summed E-state index contributed by atoms with van der Waals surface area (Å²) in [7, 11) is 2.76. The maximum atomic E-state index is 12.3. The van der Waals surface area contributed by atoms with E-state index in [0.717, 1.165) is 9.82 Å². The van der Waals surface area contributed by atoms with Gasteiger partial charge in [-0.25, -0.2) is 17.7 Å². The Morgan fingerprint density at radius 2 is 1.94 bits per heavy atom. The van der Waals surface area contributed by atoms with E-state index < -0.39 is 16.0 Å². The Labute approximate surface area is 186 Å². The summed E-state index contributed by atoms with van der Waals surface area (Å²) in [5.74, 6) is 0.382. The second-order valence-corrected chi connectivity index (χ2v) is 9.67. The van der Waals surface area contributed by atoms with E-state index >= 15 is 0 Å². The summed E-state index contributed by atoms with van der Waals surface area (Å²) in [6, 6.07) is 8.22. The number of amides is 1. The maximum Gasteiger partial charge on any atom is 0.306 e. The SMILES string of the molecule is CN(Cc1ccco1)C(=O)COC(=O)CCc1nc2cc(S(=O)(=O)N(C)C)ccc2n1C. The number of ether oxygens (including phenoxy) is 1. The van der Waals surface area contributed by atoms with Crippen LogP contribution >= 0.6 is 0 Å². The number of hydrogen-bond donors (Lipinski definition) is 0. The Kier molecular flexibility index (Phi) is 6.99. The van der Waals surface area contributed by atoms with Gasteiger partial charge in [0.05, 0.1) is 35.2 Å². The smallest absolute Gasteiger partial charge is 0.306 e. The maximum absolute atomic E-state index is 12.3. The summed E-state index contributed by atoms with van der Waals surface area (Å²) in [4.78, 5) is 30.3. The van der Waals surface area contributed by atoms with Crippen molar-refractivity contribution in [2.75, 3.05) is 27.7 Å². The number of furan rings is 1. The van der Waals surface area contributed by atoms with Crippen LogP contribution in [0.15, 0.2) is 45.9 Å². The average molecular weight is 463 g/mol. The van der Waals surface area contributed by atoms with Crippen molar-refractivity contribution < 1.29 is 27.2 Å². The van der Waals surface area contributed by atoms with Crippen molar-refractivity contribution in [3.63, 3.8) is 0 Å². The fraction of sp³-hybridized carbons (Fsp3) is 0.381. The number of aromatic nitrogens is 2. The number of sulfonamides is 1. The van der Waals surface area contributed by atoms with Crippen LogP contribution in [0.2, 0.25) is 0 Å². The molecule has 3 rings (SSSR count). The number of hydrogen-bond acceptors (Lipinski definition) is 7. The minimum absolute atomic E-state index is 0.0369.